The predicted molar refractivity (Wildman–Crippen MR) is 88.2 cm³/mol. The van der Waals surface area contributed by atoms with Gasteiger partial charge in [-0.1, -0.05) is 35.4 Å². The van der Waals surface area contributed by atoms with Crippen molar-refractivity contribution in [1.82, 2.24) is 0 Å². The summed E-state index contributed by atoms with van der Waals surface area (Å²) in [7, 11) is 3.15. The van der Waals surface area contributed by atoms with Crippen LogP contribution in [0.25, 0.3) is 0 Å². The number of aryl methyl sites for hydroxylation is 2. The summed E-state index contributed by atoms with van der Waals surface area (Å²) in [5.41, 5.74) is 4.22. The van der Waals surface area contributed by atoms with Crippen LogP contribution in [0.3, 0.4) is 0 Å². The van der Waals surface area contributed by atoms with Gasteiger partial charge in [0.2, 0.25) is 0 Å². The number of halogens is 2. The van der Waals surface area contributed by atoms with Crippen LogP contribution in [0.5, 0.6) is 11.5 Å². The Bertz CT molecular complexity index is 653. The predicted octanol–water partition coefficient (Wildman–Crippen LogP) is 5.30. The molecule has 2 aromatic carbocycles. The monoisotopic (exact) mass is 324 g/mol. The second kappa shape index (κ2) is 6.59. The van der Waals surface area contributed by atoms with E-state index in [9.17, 15) is 0 Å². The van der Waals surface area contributed by atoms with E-state index in [4.69, 9.17) is 32.7 Å². The third kappa shape index (κ3) is 3.12. The van der Waals surface area contributed by atoms with Crippen LogP contribution < -0.4 is 9.47 Å². The molecule has 0 spiro atoms. The van der Waals surface area contributed by atoms with Crippen molar-refractivity contribution in [2.24, 2.45) is 0 Å². The highest BCUT2D eigenvalue weighted by Crippen LogP contribution is 2.43. The average molecular weight is 325 g/mol. The SMILES string of the molecule is COc1ccc(C(Cl)c2ccc(C)cc2C)c(OC)c1Cl. The lowest BCUT2D eigenvalue weighted by Gasteiger charge is -2.19. The van der Waals surface area contributed by atoms with E-state index in [1.165, 1.54) is 5.56 Å². The summed E-state index contributed by atoms with van der Waals surface area (Å²) in [6.07, 6.45) is 0. The molecule has 2 nitrogen and oxygen atoms in total. The normalized spacial score (nSPS) is 12.1. The molecule has 0 saturated heterocycles. The highest BCUT2D eigenvalue weighted by atomic mass is 35.5. The molecule has 0 heterocycles. The zero-order valence-electron chi connectivity index (χ0n) is 12.5. The lowest BCUT2D eigenvalue weighted by atomic mass is 9.97. The summed E-state index contributed by atoms with van der Waals surface area (Å²) >= 11 is 13.0. The van der Waals surface area contributed by atoms with E-state index in [1.807, 2.05) is 12.1 Å². The lowest BCUT2D eigenvalue weighted by Crippen LogP contribution is -2.01. The van der Waals surface area contributed by atoms with Gasteiger partial charge in [-0.05, 0) is 37.1 Å². The Kier molecular flexibility index (Phi) is 5.02. The van der Waals surface area contributed by atoms with E-state index in [2.05, 4.69) is 26.0 Å². The van der Waals surface area contributed by atoms with E-state index < -0.39 is 0 Å². The minimum atomic E-state index is -0.330. The first-order valence-electron chi connectivity index (χ1n) is 6.61. The van der Waals surface area contributed by atoms with E-state index >= 15 is 0 Å². The molecule has 21 heavy (non-hydrogen) atoms. The standard InChI is InChI=1S/C17H18Cl2O2/c1-10-5-6-12(11(2)9-10)15(18)13-7-8-14(20-3)16(19)17(13)21-4/h5-9,15H,1-4H3. The minimum Gasteiger partial charge on any atom is -0.495 e. The Morgan fingerprint density at radius 2 is 1.62 bits per heavy atom. The zero-order chi connectivity index (χ0) is 15.6. The van der Waals surface area contributed by atoms with Crippen molar-refractivity contribution in [3.63, 3.8) is 0 Å². The molecule has 0 radical (unpaired) electrons. The molecule has 0 aliphatic rings. The maximum absolute atomic E-state index is 6.66. The Labute approximate surface area is 135 Å². The van der Waals surface area contributed by atoms with Crippen molar-refractivity contribution in [1.29, 1.82) is 0 Å². The van der Waals surface area contributed by atoms with Crippen molar-refractivity contribution in [2.45, 2.75) is 19.2 Å². The summed E-state index contributed by atoms with van der Waals surface area (Å²) in [5, 5.41) is 0.108. The molecular formula is C17H18Cl2O2. The van der Waals surface area contributed by atoms with E-state index in [-0.39, 0.29) is 5.38 Å². The van der Waals surface area contributed by atoms with Crippen LogP contribution in [0.2, 0.25) is 5.02 Å². The molecule has 1 atom stereocenters. The molecule has 0 N–H and O–H groups in total. The Balaban J connectivity index is 2.52. The molecule has 0 fully saturated rings. The lowest BCUT2D eigenvalue weighted by molar-refractivity contribution is 0.392. The van der Waals surface area contributed by atoms with Crippen LogP contribution >= 0.6 is 23.2 Å². The molecule has 0 aliphatic carbocycles. The summed E-state index contributed by atoms with van der Waals surface area (Å²) in [4.78, 5) is 0. The molecule has 4 heteroatoms. The first kappa shape index (κ1) is 16.0. The summed E-state index contributed by atoms with van der Waals surface area (Å²) in [6.45, 7) is 4.11. The Morgan fingerprint density at radius 1 is 0.952 bits per heavy atom. The molecule has 0 saturated carbocycles. The van der Waals surface area contributed by atoms with Crippen molar-refractivity contribution in [3.05, 3.63) is 57.6 Å². The average Bonchev–Trinajstić information content (AvgIpc) is 2.46. The van der Waals surface area contributed by atoms with Gasteiger partial charge in [0.05, 0.1) is 19.6 Å². The van der Waals surface area contributed by atoms with Crippen LogP contribution in [0, 0.1) is 13.8 Å². The largest absolute Gasteiger partial charge is 0.495 e. The van der Waals surface area contributed by atoms with Crippen LogP contribution in [0.4, 0.5) is 0 Å². The molecule has 2 aromatic rings. The van der Waals surface area contributed by atoms with Gasteiger partial charge >= 0.3 is 0 Å². The van der Waals surface area contributed by atoms with Gasteiger partial charge in [0.15, 0.2) is 0 Å². The molecule has 112 valence electrons. The number of methoxy groups -OCH3 is 2. The van der Waals surface area contributed by atoms with Crippen LogP contribution in [-0.2, 0) is 0 Å². The maximum atomic E-state index is 6.66. The second-order valence-corrected chi connectivity index (χ2v) is 5.74. The minimum absolute atomic E-state index is 0.330. The first-order chi connectivity index (χ1) is 9.99. The van der Waals surface area contributed by atoms with Crippen molar-refractivity contribution >= 4 is 23.2 Å². The van der Waals surface area contributed by atoms with Crippen molar-refractivity contribution in [2.75, 3.05) is 14.2 Å². The number of hydrogen-bond donors (Lipinski definition) is 0. The summed E-state index contributed by atoms with van der Waals surface area (Å²) in [6, 6.07) is 9.90. The fraction of sp³-hybridized carbons (Fsp3) is 0.294. The third-order valence-electron chi connectivity index (χ3n) is 3.49. The van der Waals surface area contributed by atoms with Gasteiger partial charge in [-0.15, -0.1) is 11.6 Å². The van der Waals surface area contributed by atoms with Crippen molar-refractivity contribution in [3.8, 4) is 11.5 Å². The summed E-state index contributed by atoms with van der Waals surface area (Å²) < 4.78 is 10.6. The second-order valence-electron chi connectivity index (χ2n) is 4.93. The van der Waals surface area contributed by atoms with Gasteiger partial charge < -0.3 is 9.47 Å². The topological polar surface area (TPSA) is 18.5 Å². The van der Waals surface area contributed by atoms with Gasteiger partial charge in [0, 0.05) is 5.56 Å². The smallest absolute Gasteiger partial charge is 0.146 e. The molecule has 2 rings (SSSR count). The van der Waals surface area contributed by atoms with E-state index in [1.54, 1.807) is 20.3 Å². The number of rotatable bonds is 4. The van der Waals surface area contributed by atoms with Gasteiger partial charge in [-0.25, -0.2) is 0 Å². The third-order valence-corrected chi connectivity index (χ3v) is 4.32. The molecule has 1 unspecified atom stereocenters. The molecule has 0 bridgehead atoms. The number of alkyl halides is 1. The molecule has 0 aromatic heterocycles. The molecule has 0 amide bonds. The Hall–Kier alpha value is -1.38. The summed E-state index contributed by atoms with van der Waals surface area (Å²) in [5.74, 6) is 1.12. The quantitative estimate of drug-likeness (QED) is 0.710. The van der Waals surface area contributed by atoms with E-state index in [0.29, 0.717) is 16.5 Å². The number of ether oxygens (including phenoxy) is 2. The van der Waals surface area contributed by atoms with Gasteiger partial charge in [-0.3, -0.25) is 0 Å². The fourth-order valence-corrected chi connectivity index (χ4v) is 3.14. The molecule has 0 aliphatic heterocycles. The number of benzene rings is 2. The highest BCUT2D eigenvalue weighted by molar-refractivity contribution is 6.34. The van der Waals surface area contributed by atoms with Gasteiger partial charge in [0.25, 0.3) is 0 Å². The fourth-order valence-electron chi connectivity index (χ4n) is 2.40. The van der Waals surface area contributed by atoms with Crippen LogP contribution in [0.15, 0.2) is 30.3 Å². The van der Waals surface area contributed by atoms with Crippen LogP contribution in [0.1, 0.15) is 27.6 Å². The number of hydrogen-bond acceptors (Lipinski definition) is 2. The highest BCUT2D eigenvalue weighted by Gasteiger charge is 2.21. The van der Waals surface area contributed by atoms with E-state index in [0.717, 1.165) is 16.7 Å². The van der Waals surface area contributed by atoms with Gasteiger partial charge in [-0.2, -0.15) is 0 Å². The van der Waals surface area contributed by atoms with Crippen LogP contribution in [-0.4, -0.2) is 14.2 Å². The Morgan fingerprint density at radius 3 is 2.19 bits per heavy atom. The van der Waals surface area contributed by atoms with Gasteiger partial charge in [0.1, 0.15) is 16.5 Å². The maximum Gasteiger partial charge on any atom is 0.146 e. The van der Waals surface area contributed by atoms with Crippen molar-refractivity contribution < 1.29 is 9.47 Å². The first-order valence-corrected chi connectivity index (χ1v) is 7.42. The molecular weight excluding hydrogens is 307 g/mol. The zero-order valence-corrected chi connectivity index (χ0v) is 14.0.